The van der Waals surface area contributed by atoms with Crippen molar-refractivity contribution in [1.82, 2.24) is 21.2 Å². The standard InChI is InChI=1S/C29H37N5O3/c1-18-13-20(10-12-30-18)27-23-14-21(8-9-24(23)32-33-27)28(36)31-22-6-4-11-29(37,16-22)17-34-25-7-3-2-5-19(25)15-26(34)35/h2-3,5,7,10,12-13,21-24,27,32-33,37H,4,6,8-9,11,14-17H2,1H3,(H,31,36)/t21?,22-,23?,24?,27?,29-/m1/s1. The summed E-state index contributed by atoms with van der Waals surface area (Å²) in [6, 6.07) is 12.5. The van der Waals surface area contributed by atoms with Gasteiger partial charge in [-0.25, -0.2) is 5.43 Å². The van der Waals surface area contributed by atoms with E-state index in [1.807, 2.05) is 37.4 Å². The zero-order valence-corrected chi connectivity index (χ0v) is 21.5. The van der Waals surface area contributed by atoms with E-state index in [0.29, 0.717) is 31.2 Å². The van der Waals surface area contributed by atoms with Crippen molar-refractivity contribution in [1.29, 1.82) is 0 Å². The number of amides is 2. The third kappa shape index (κ3) is 4.90. The predicted molar refractivity (Wildman–Crippen MR) is 140 cm³/mol. The van der Waals surface area contributed by atoms with Crippen LogP contribution in [0, 0.1) is 18.8 Å². The van der Waals surface area contributed by atoms with Crippen molar-refractivity contribution in [2.24, 2.45) is 11.8 Å². The zero-order chi connectivity index (χ0) is 25.6. The number of fused-ring (bicyclic) bond motifs is 2. The number of nitrogens with zero attached hydrogens (tertiary/aromatic N) is 2. The number of β-amino-alcohol motifs (C(OH)–C–C–N with tert-alkyl or cyclic N) is 1. The van der Waals surface area contributed by atoms with Crippen LogP contribution in [0.25, 0.3) is 0 Å². The third-order valence-corrected chi connectivity index (χ3v) is 8.95. The summed E-state index contributed by atoms with van der Waals surface area (Å²) in [4.78, 5) is 32.2. The van der Waals surface area contributed by atoms with Crippen LogP contribution in [-0.4, -0.2) is 46.1 Å². The predicted octanol–water partition coefficient (Wildman–Crippen LogP) is 2.70. The molecule has 6 atom stereocenters. The second-order valence-corrected chi connectivity index (χ2v) is 11.6. The molecule has 3 heterocycles. The molecule has 4 N–H and O–H groups in total. The molecule has 2 amide bonds. The first-order valence-electron chi connectivity index (χ1n) is 13.7. The number of aliphatic hydroxyl groups is 1. The number of carbonyl (C=O) groups is 2. The molecule has 4 unspecified atom stereocenters. The van der Waals surface area contributed by atoms with Crippen molar-refractivity contribution in [2.75, 3.05) is 11.4 Å². The number of aromatic nitrogens is 1. The maximum Gasteiger partial charge on any atom is 0.231 e. The van der Waals surface area contributed by atoms with Gasteiger partial charge in [-0.3, -0.25) is 20.0 Å². The van der Waals surface area contributed by atoms with Crippen LogP contribution in [0.5, 0.6) is 0 Å². The smallest absolute Gasteiger partial charge is 0.231 e. The van der Waals surface area contributed by atoms with E-state index in [-0.39, 0.29) is 36.4 Å². The summed E-state index contributed by atoms with van der Waals surface area (Å²) in [7, 11) is 0. The van der Waals surface area contributed by atoms with Crippen molar-refractivity contribution in [3.63, 3.8) is 0 Å². The maximum absolute atomic E-state index is 13.4. The summed E-state index contributed by atoms with van der Waals surface area (Å²) < 4.78 is 0. The molecule has 2 saturated carbocycles. The van der Waals surface area contributed by atoms with Crippen LogP contribution in [0.4, 0.5) is 5.69 Å². The highest BCUT2D eigenvalue weighted by Crippen LogP contribution is 2.41. The van der Waals surface area contributed by atoms with E-state index in [4.69, 9.17) is 0 Å². The van der Waals surface area contributed by atoms with Crippen LogP contribution in [0.15, 0.2) is 42.6 Å². The molecule has 0 bridgehead atoms. The fraction of sp³-hybridized carbons (Fsp3) is 0.552. The van der Waals surface area contributed by atoms with E-state index in [1.54, 1.807) is 4.90 Å². The molecule has 4 aliphatic rings. The van der Waals surface area contributed by atoms with Gasteiger partial charge in [-0.2, -0.15) is 0 Å². The number of anilines is 1. The second-order valence-electron chi connectivity index (χ2n) is 11.6. The van der Waals surface area contributed by atoms with Crippen molar-refractivity contribution in [3.8, 4) is 0 Å². The lowest BCUT2D eigenvalue weighted by atomic mass is 9.74. The minimum Gasteiger partial charge on any atom is -0.388 e. The minimum atomic E-state index is -0.995. The van der Waals surface area contributed by atoms with E-state index < -0.39 is 5.60 Å². The Bertz CT molecular complexity index is 1190. The van der Waals surface area contributed by atoms with Gasteiger partial charge in [0.2, 0.25) is 11.8 Å². The highest BCUT2D eigenvalue weighted by molar-refractivity contribution is 6.01. The van der Waals surface area contributed by atoms with Crippen LogP contribution in [0.1, 0.15) is 67.8 Å². The Labute approximate surface area is 218 Å². The molecule has 2 aliphatic carbocycles. The van der Waals surface area contributed by atoms with Crippen molar-refractivity contribution >= 4 is 17.5 Å². The highest BCUT2D eigenvalue weighted by atomic mass is 16.3. The molecule has 6 rings (SSSR count). The number of rotatable bonds is 5. The Morgan fingerprint density at radius 1 is 1.22 bits per heavy atom. The minimum absolute atomic E-state index is 0.0320. The number of nitrogens with one attached hydrogen (secondary N) is 3. The molecule has 2 aliphatic heterocycles. The Kier molecular flexibility index (Phi) is 6.51. The quantitative estimate of drug-likeness (QED) is 0.500. The summed E-state index contributed by atoms with van der Waals surface area (Å²) in [5.41, 5.74) is 10.1. The van der Waals surface area contributed by atoms with E-state index in [9.17, 15) is 14.7 Å². The second kappa shape index (κ2) is 9.82. The fourth-order valence-corrected chi connectivity index (χ4v) is 7.10. The largest absolute Gasteiger partial charge is 0.388 e. The van der Waals surface area contributed by atoms with Crippen molar-refractivity contribution < 1.29 is 14.7 Å². The number of hydrazine groups is 1. The van der Waals surface area contributed by atoms with Gasteiger partial charge in [0.1, 0.15) is 0 Å². The first-order chi connectivity index (χ1) is 17.9. The topological polar surface area (TPSA) is 107 Å². The lowest BCUT2D eigenvalue weighted by Gasteiger charge is -2.40. The fourth-order valence-electron chi connectivity index (χ4n) is 7.10. The van der Waals surface area contributed by atoms with E-state index in [2.05, 4.69) is 33.3 Å². The first-order valence-corrected chi connectivity index (χ1v) is 13.7. The summed E-state index contributed by atoms with van der Waals surface area (Å²) in [6.45, 7) is 2.29. The lowest BCUT2D eigenvalue weighted by Crippen LogP contribution is -2.53. The molecule has 0 radical (unpaired) electrons. The van der Waals surface area contributed by atoms with E-state index in [0.717, 1.165) is 49.0 Å². The Morgan fingerprint density at radius 3 is 2.95 bits per heavy atom. The van der Waals surface area contributed by atoms with Gasteiger partial charge in [-0.05, 0) is 87.1 Å². The molecule has 3 fully saturated rings. The molecule has 8 nitrogen and oxygen atoms in total. The normalized spacial score (nSPS) is 33.2. The molecule has 2 aromatic rings. The van der Waals surface area contributed by atoms with Gasteiger partial charge in [0.05, 0.1) is 24.6 Å². The monoisotopic (exact) mass is 503 g/mol. The summed E-state index contributed by atoms with van der Waals surface area (Å²) in [6.07, 6.45) is 7.70. The molecule has 37 heavy (non-hydrogen) atoms. The number of para-hydroxylation sites is 1. The number of hydrogen-bond donors (Lipinski definition) is 4. The molecule has 1 aromatic carbocycles. The molecular weight excluding hydrogens is 466 g/mol. The van der Waals surface area contributed by atoms with Gasteiger partial charge >= 0.3 is 0 Å². The van der Waals surface area contributed by atoms with Gasteiger partial charge in [-0.15, -0.1) is 0 Å². The lowest BCUT2D eigenvalue weighted by molar-refractivity contribution is -0.128. The van der Waals surface area contributed by atoms with E-state index >= 15 is 0 Å². The van der Waals surface area contributed by atoms with Gasteiger partial charge in [0.25, 0.3) is 0 Å². The molecule has 1 aromatic heterocycles. The molecule has 196 valence electrons. The highest BCUT2D eigenvalue weighted by Gasteiger charge is 2.44. The average Bonchev–Trinajstić information content (AvgIpc) is 3.44. The van der Waals surface area contributed by atoms with Gasteiger partial charge in [0.15, 0.2) is 0 Å². The van der Waals surface area contributed by atoms with Gasteiger partial charge in [-0.1, -0.05) is 18.2 Å². The van der Waals surface area contributed by atoms with Crippen molar-refractivity contribution in [3.05, 3.63) is 59.4 Å². The van der Waals surface area contributed by atoms with Crippen LogP contribution in [0.2, 0.25) is 0 Å². The summed E-state index contributed by atoms with van der Waals surface area (Å²) in [5, 5.41) is 14.8. The Hall–Kier alpha value is -2.81. The number of hydrogen-bond acceptors (Lipinski definition) is 6. The SMILES string of the molecule is Cc1cc(C2NNC3CCC(C(=O)N[C@@H]4CCC[C@](O)(CN5C(=O)Cc6ccccc65)C4)CC32)ccn1. The Morgan fingerprint density at radius 2 is 2.08 bits per heavy atom. The zero-order valence-electron chi connectivity index (χ0n) is 21.5. The molecular formula is C29H37N5O3. The van der Waals surface area contributed by atoms with Gasteiger partial charge < -0.3 is 15.3 Å². The first kappa shape index (κ1) is 24.5. The third-order valence-electron chi connectivity index (χ3n) is 8.95. The number of pyridine rings is 1. The molecule has 1 saturated heterocycles. The van der Waals surface area contributed by atoms with Crippen LogP contribution >= 0.6 is 0 Å². The number of aryl methyl sites for hydroxylation is 1. The maximum atomic E-state index is 13.4. The Balaban J connectivity index is 1.08. The average molecular weight is 504 g/mol. The molecule has 8 heteroatoms. The van der Waals surface area contributed by atoms with Crippen molar-refractivity contribution in [2.45, 2.75) is 82.0 Å². The summed E-state index contributed by atoms with van der Waals surface area (Å²) in [5.74, 6) is 0.452. The van der Waals surface area contributed by atoms with Crippen LogP contribution in [-0.2, 0) is 16.0 Å². The van der Waals surface area contributed by atoms with Crippen LogP contribution < -0.4 is 21.1 Å². The van der Waals surface area contributed by atoms with Crippen LogP contribution in [0.3, 0.4) is 0 Å². The number of carbonyl (C=O) groups excluding carboxylic acids is 2. The number of benzene rings is 1. The van der Waals surface area contributed by atoms with E-state index in [1.165, 1.54) is 5.56 Å². The van der Waals surface area contributed by atoms with Gasteiger partial charge in [0, 0.05) is 35.6 Å². The molecule has 0 spiro atoms. The summed E-state index contributed by atoms with van der Waals surface area (Å²) >= 11 is 0.